The molecular weight excluding hydrogens is 332 g/mol. The third kappa shape index (κ3) is 5.11. The van der Waals surface area contributed by atoms with Crippen LogP contribution in [0, 0.1) is 11.3 Å². The topological polar surface area (TPSA) is 117 Å². The number of hydrogen-bond donors (Lipinski definition) is 3. The zero-order chi connectivity index (χ0) is 18.9. The first-order chi connectivity index (χ1) is 12.5. The van der Waals surface area contributed by atoms with Gasteiger partial charge in [0.1, 0.15) is 17.4 Å². The van der Waals surface area contributed by atoms with Crippen LogP contribution in [0.1, 0.15) is 17.3 Å². The molecule has 4 N–H and O–H groups in total. The van der Waals surface area contributed by atoms with Crippen molar-refractivity contribution in [2.24, 2.45) is 5.73 Å². The number of benzene rings is 2. The quantitative estimate of drug-likeness (QED) is 0.524. The van der Waals surface area contributed by atoms with Crippen LogP contribution in [0.4, 0.5) is 11.4 Å². The van der Waals surface area contributed by atoms with Crippen LogP contribution in [-0.2, 0) is 4.79 Å². The average Bonchev–Trinajstić information content (AvgIpc) is 2.64. The van der Waals surface area contributed by atoms with E-state index in [2.05, 4.69) is 10.6 Å². The lowest BCUT2D eigenvalue weighted by atomic mass is 10.2. The first-order valence-corrected chi connectivity index (χ1v) is 7.84. The van der Waals surface area contributed by atoms with Gasteiger partial charge in [0.2, 0.25) is 5.91 Å². The monoisotopic (exact) mass is 350 g/mol. The molecule has 0 heterocycles. The van der Waals surface area contributed by atoms with Crippen molar-refractivity contribution in [3.05, 3.63) is 65.9 Å². The smallest absolute Gasteiger partial charge is 0.267 e. The van der Waals surface area contributed by atoms with E-state index in [1.807, 2.05) is 13.0 Å². The molecule has 26 heavy (non-hydrogen) atoms. The van der Waals surface area contributed by atoms with E-state index >= 15 is 0 Å². The molecule has 2 rings (SSSR count). The summed E-state index contributed by atoms with van der Waals surface area (Å²) in [4.78, 5) is 23.2. The number of nitrogens with one attached hydrogen (secondary N) is 2. The van der Waals surface area contributed by atoms with E-state index in [1.165, 1.54) is 6.20 Å². The number of nitriles is 1. The van der Waals surface area contributed by atoms with Crippen LogP contribution in [-0.4, -0.2) is 18.4 Å². The van der Waals surface area contributed by atoms with Gasteiger partial charge in [-0.2, -0.15) is 5.26 Å². The van der Waals surface area contributed by atoms with E-state index < -0.39 is 11.8 Å². The summed E-state index contributed by atoms with van der Waals surface area (Å²) >= 11 is 0. The molecule has 132 valence electrons. The summed E-state index contributed by atoms with van der Waals surface area (Å²) in [6.07, 6.45) is 1.29. The fourth-order valence-corrected chi connectivity index (χ4v) is 2.03. The second-order valence-electron chi connectivity index (χ2n) is 5.17. The van der Waals surface area contributed by atoms with Gasteiger partial charge < -0.3 is 21.1 Å². The maximum absolute atomic E-state index is 12.2. The van der Waals surface area contributed by atoms with Crippen molar-refractivity contribution in [1.29, 1.82) is 5.26 Å². The Labute approximate surface area is 151 Å². The van der Waals surface area contributed by atoms with Gasteiger partial charge in [0.05, 0.1) is 6.61 Å². The third-order valence-electron chi connectivity index (χ3n) is 3.34. The Bertz CT molecular complexity index is 850. The van der Waals surface area contributed by atoms with Crippen LogP contribution >= 0.6 is 0 Å². The zero-order valence-corrected chi connectivity index (χ0v) is 14.2. The van der Waals surface area contributed by atoms with Crippen molar-refractivity contribution in [2.45, 2.75) is 6.92 Å². The van der Waals surface area contributed by atoms with Crippen molar-refractivity contribution in [1.82, 2.24) is 0 Å². The molecular formula is C19H18N4O3. The van der Waals surface area contributed by atoms with Gasteiger partial charge in [-0.3, -0.25) is 9.59 Å². The van der Waals surface area contributed by atoms with Gasteiger partial charge in [0.25, 0.3) is 5.91 Å². The molecule has 7 heteroatoms. The Kier molecular flexibility index (Phi) is 6.34. The predicted octanol–water partition coefficient (Wildman–Crippen LogP) is 2.64. The van der Waals surface area contributed by atoms with E-state index in [-0.39, 0.29) is 5.57 Å². The molecule has 2 amide bonds. The number of ether oxygens (including phenoxy) is 1. The Hall–Kier alpha value is -3.79. The number of nitrogens with zero attached hydrogens (tertiary/aromatic N) is 1. The van der Waals surface area contributed by atoms with E-state index in [9.17, 15) is 14.9 Å². The minimum absolute atomic E-state index is 0.0992. The number of rotatable bonds is 7. The Balaban J connectivity index is 2.02. The lowest BCUT2D eigenvalue weighted by molar-refractivity contribution is -0.112. The predicted molar refractivity (Wildman–Crippen MR) is 98.5 cm³/mol. The summed E-state index contributed by atoms with van der Waals surface area (Å²) in [7, 11) is 0. The summed E-state index contributed by atoms with van der Waals surface area (Å²) in [6.45, 7) is 2.44. The van der Waals surface area contributed by atoms with Gasteiger partial charge in [0, 0.05) is 23.1 Å². The normalized spacial score (nSPS) is 10.5. The highest BCUT2D eigenvalue weighted by Gasteiger charge is 2.09. The number of nitrogens with two attached hydrogens (primary N) is 1. The maximum Gasteiger partial charge on any atom is 0.267 e. The molecule has 0 radical (unpaired) electrons. The van der Waals surface area contributed by atoms with Crippen molar-refractivity contribution >= 4 is 23.2 Å². The Morgan fingerprint density at radius 1 is 1.12 bits per heavy atom. The lowest BCUT2D eigenvalue weighted by Crippen LogP contribution is -2.14. The first kappa shape index (κ1) is 18.5. The molecule has 0 unspecified atom stereocenters. The van der Waals surface area contributed by atoms with Crippen LogP contribution in [0.5, 0.6) is 5.75 Å². The molecule has 0 aromatic heterocycles. The lowest BCUT2D eigenvalue weighted by Gasteiger charge is -2.07. The second-order valence-corrected chi connectivity index (χ2v) is 5.17. The van der Waals surface area contributed by atoms with Gasteiger partial charge in [-0.25, -0.2) is 0 Å². The molecule has 0 aliphatic heterocycles. The molecule has 2 aromatic carbocycles. The van der Waals surface area contributed by atoms with E-state index in [4.69, 9.17) is 10.5 Å². The minimum atomic E-state index is -0.544. The van der Waals surface area contributed by atoms with Crippen LogP contribution in [0.2, 0.25) is 0 Å². The van der Waals surface area contributed by atoms with Crippen LogP contribution < -0.4 is 21.1 Å². The van der Waals surface area contributed by atoms with Gasteiger partial charge in [-0.05, 0) is 55.5 Å². The molecule has 0 spiro atoms. The Morgan fingerprint density at radius 3 is 2.27 bits per heavy atom. The van der Waals surface area contributed by atoms with Crippen molar-refractivity contribution in [3.8, 4) is 11.8 Å². The van der Waals surface area contributed by atoms with Gasteiger partial charge in [-0.15, -0.1) is 0 Å². The zero-order valence-electron chi connectivity index (χ0n) is 14.2. The number of primary amides is 1. The van der Waals surface area contributed by atoms with Crippen molar-refractivity contribution < 1.29 is 14.3 Å². The van der Waals surface area contributed by atoms with Crippen molar-refractivity contribution in [2.75, 3.05) is 17.2 Å². The van der Waals surface area contributed by atoms with E-state index in [0.717, 1.165) is 0 Å². The summed E-state index contributed by atoms with van der Waals surface area (Å²) in [6, 6.07) is 15.0. The van der Waals surface area contributed by atoms with Gasteiger partial charge in [-0.1, -0.05) is 0 Å². The number of amides is 2. The fraction of sp³-hybridized carbons (Fsp3) is 0.105. The fourth-order valence-electron chi connectivity index (χ4n) is 2.03. The Morgan fingerprint density at radius 2 is 1.73 bits per heavy atom. The number of carbonyl (C=O) groups is 2. The summed E-state index contributed by atoms with van der Waals surface area (Å²) in [5.41, 5.74) is 6.60. The average molecular weight is 350 g/mol. The first-order valence-electron chi connectivity index (χ1n) is 7.84. The molecule has 0 saturated heterocycles. The number of carbonyl (C=O) groups excluding carboxylic acids is 2. The number of hydrogen-bond acceptors (Lipinski definition) is 5. The van der Waals surface area contributed by atoms with Gasteiger partial charge >= 0.3 is 0 Å². The second kappa shape index (κ2) is 8.89. The summed E-state index contributed by atoms with van der Waals surface area (Å²) in [5, 5.41) is 14.7. The van der Waals surface area contributed by atoms with E-state index in [1.54, 1.807) is 48.5 Å². The molecule has 0 atom stereocenters. The number of anilines is 2. The van der Waals surface area contributed by atoms with Crippen molar-refractivity contribution in [3.63, 3.8) is 0 Å². The minimum Gasteiger partial charge on any atom is -0.494 e. The van der Waals surface area contributed by atoms with E-state index in [0.29, 0.717) is 29.3 Å². The highest BCUT2D eigenvalue weighted by Crippen LogP contribution is 2.16. The molecule has 0 aliphatic carbocycles. The van der Waals surface area contributed by atoms with Crippen LogP contribution in [0.25, 0.3) is 0 Å². The third-order valence-corrected chi connectivity index (χ3v) is 3.34. The summed E-state index contributed by atoms with van der Waals surface area (Å²) in [5.74, 6) is -0.375. The highest BCUT2D eigenvalue weighted by molar-refractivity contribution is 6.06. The highest BCUT2D eigenvalue weighted by atomic mass is 16.5. The molecule has 0 aliphatic rings. The van der Waals surface area contributed by atoms with Crippen LogP contribution in [0.15, 0.2) is 60.3 Å². The molecule has 2 aromatic rings. The molecule has 0 saturated carbocycles. The van der Waals surface area contributed by atoms with Gasteiger partial charge in [0.15, 0.2) is 0 Å². The maximum atomic E-state index is 12.2. The summed E-state index contributed by atoms with van der Waals surface area (Å²) < 4.78 is 5.33. The largest absolute Gasteiger partial charge is 0.494 e. The molecule has 0 fully saturated rings. The van der Waals surface area contributed by atoms with Crippen LogP contribution in [0.3, 0.4) is 0 Å². The standard InChI is InChI=1S/C19H18N4O3/c1-2-26-17-9-7-16(8-10-17)23-19(25)14(11-20)12-22-15-5-3-13(4-6-15)18(21)24/h3-10,12,22H,2H2,1H3,(H2,21,24)(H,23,25)/b14-12-. The molecule has 7 nitrogen and oxygen atoms in total. The SMILES string of the molecule is CCOc1ccc(NC(=O)/C(C#N)=C\Nc2ccc(C(N)=O)cc2)cc1. The molecule has 0 bridgehead atoms.